The molecule has 3 saturated carbocycles. The van der Waals surface area contributed by atoms with E-state index in [-0.39, 0.29) is 0 Å². The van der Waals surface area contributed by atoms with Crippen LogP contribution in [-0.2, 0) is 6.54 Å². The number of aromatic nitrogens is 1. The van der Waals surface area contributed by atoms with Gasteiger partial charge in [0.2, 0.25) is 5.89 Å². The van der Waals surface area contributed by atoms with Gasteiger partial charge >= 0.3 is 0 Å². The molecule has 3 aliphatic rings. The molecule has 0 saturated heterocycles. The molecule has 1 aromatic rings. The van der Waals surface area contributed by atoms with E-state index >= 15 is 0 Å². The van der Waals surface area contributed by atoms with Crippen LogP contribution >= 0.6 is 0 Å². The Balaban J connectivity index is 1.43. The van der Waals surface area contributed by atoms with Crippen LogP contribution in [0.1, 0.15) is 56.1 Å². The standard InChI is InChI=1S/C14H20N2O/c1-2-10-5-9(1)6-12(10)13-7-16-14(17-13)8-15-11-3-4-11/h7,9-12,15H,1-6,8H2. The van der Waals surface area contributed by atoms with Crippen LogP contribution in [0.3, 0.4) is 0 Å². The summed E-state index contributed by atoms with van der Waals surface area (Å²) >= 11 is 0. The first-order valence-corrected chi connectivity index (χ1v) is 7.06. The van der Waals surface area contributed by atoms with Crippen LogP contribution in [0.4, 0.5) is 0 Å². The molecule has 0 aromatic carbocycles. The Morgan fingerprint density at radius 2 is 2.18 bits per heavy atom. The van der Waals surface area contributed by atoms with Crippen molar-refractivity contribution < 1.29 is 4.42 Å². The van der Waals surface area contributed by atoms with Gasteiger partial charge in [0.1, 0.15) is 5.76 Å². The maximum absolute atomic E-state index is 5.92. The molecule has 0 amide bonds. The zero-order chi connectivity index (χ0) is 11.2. The molecule has 3 unspecified atom stereocenters. The lowest BCUT2D eigenvalue weighted by atomic mass is 9.87. The van der Waals surface area contributed by atoms with E-state index in [4.69, 9.17) is 4.42 Å². The minimum absolute atomic E-state index is 0.677. The highest BCUT2D eigenvalue weighted by Gasteiger charge is 2.41. The molecular formula is C14H20N2O. The normalized spacial score (nSPS) is 35.6. The van der Waals surface area contributed by atoms with Crippen molar-refractivity contribution in [2.45, 2.75) is 57.0 Å². The second-order valence-electron chi connectivity index (χ2n) is 6.09. The van der Waals surface area contributed by atoms with E-state index in [0.29, 0.717) is 5.92 Å². The molecule has 92 valence electrons. The van der Waals surface area contributed by atoms with E-state index in [0.717, 1.165) is 36.1 Å². The second-order valence-corrected chi connectivity index (χ2v) is 6.09. The number of nitrogens with zero attached hydrogens (tertiary/aromatic N) is 1. The van der Waals surface area contributed by atoms with Crippen LogP contribution in [0.25, 0.3) is 0 Å². The lowest BCUT2D eigenvalue weighted by molar-refractivity contribution is 0.340. The van der Waals surface area contributed by atoms with Gasteiger partial charge in [0, 0.05) is 12.0 Å². The molecule has 3 atom stereocenters. The fraction of sp³-hybridized carbons (Fsp3) is 0.786. The number of oxazole rings is 1. The van der Waals surface area contributed by atoms with E-state index in [2.05, 4.69) is 10.3 Å². The van der Waals surface area contributed by atoms with Crippen molar-refractivity contribution in [2.24, 2.45) is 11.8 Å². The Hall–Kier alpha value is -0.830. The number of hydrogen-bond donors (Lipinski definition) is 1. The monoisotopic (exact) mass is 232 g/mol. The molecule has 3 aliphatic carbocycles. The topological polar surface area (TPSA) is 38.1 Å². The van der Waals surface area contributed by atoms with Gasteiger partial charge in [-0.25, -0.2) is 4.98 Å². The minimum atomic E-state index is 0.677. The molecule has 17 heavy (non-hydrogen) atoms. The van der Waals surface area contributed by atoms with Crippen molar-refractivity contribution in [3.05, 3.63) is 17.8 Å². The van der Waals surface area contributed by atoms with Crippen LogP contribution in [0.5, 0.6) is 0 Å². The first kappa shape index (κ1) is 10.1. The van der Waals surface area contributed by atoms with E-state index in [1.807, 2.05) is 6.20 Å². The Kier molecular flexibility index (Phi) is 2.29. The molecule has 1 N–H and O–H groups in total. The summed E-state index contributed by atoms with van der Waals surface area (Å²) < 4.78 is 5.92. The van der Waals surface area contributed by atoms with Crippen LogP contribution in [0.15, 0.2) is 10.6 Å². The molecule has 4 rings (SSSR count). The Bertz CT molecular complexity index is 410. The van der Waals surface area contributed by atoms with Crippen LogP contribution in [0, 0.1) is 11.8 Å². The molecular weight excluding hydrogens is 212 g/mol. The number of fused-ring (bicyclic) bond motifs is 2. The molecule has 2 bridgehead atoms. The average molecular weight is 232 g/mol. The summed E-state index contributed by atoms with van der Waals surface area (Å²) in [6.07, 6.45) is 10.3. The lowest BCUT2D eigenvalue weighted by Crippen LogP contribution is -2.15. The highest BCUT2D eigenvalue weighted by atomic mass is 16.4. The van der Waals surface area contributed by atoms with Crippen molar-refractivity contribution in [1.82, 2.24) is 10.3 Å². The van der Waals surface area contributed by atoms with Crippen LogP contribution in [-0.4, -0.2) is 11.0 Å². The largest absolute Gasteiger partial charge is 0.444 e. The van der Waals surface area contributed by atoms with E-state index < -0.39 is 0 Å². The van der Waals surface area contributed by atoms with E-state index in [1.165, 1.54) is 38.5 Å². The smallest absolute Gasteiger partial charge is 0.208 e. The second kappa shape index (κ2) is 3.84. The summed E-state index contributed by atoms with van der Waals surface area (Å²) in [5.41, 5.74) is 0. The summed E-state index contributed by atoms with van der Waals surface area (Å²) in [6, 6.07) is 0.729. The van der Waals surface area contributed by atoms with Gasteiger partial charge in [0.25, 0.3) is 0 Å². The fourth-order valence-corrected chi connectivity index (χ4v) is 3.69. The van der Waals surface area contributed by atoms with Gasteiger partial charge in [-0.2, -0.15) is 0 Å². The van der Waals surface area contributed by atoms with Crippen LogP contribution in [0.2, 0.25) is 0 Å². The van der Waals surface area contributed by atoms with E-state index in [1.54, 1.807) is 0 Å². The average Bonchev–Trinajstić information content (AvgIpc) is 2.82. The molecule has 3 heteroatoms. The molecule has 0 aliphatic heterocycles. The lowest BCUT2D eigenvalue weighted by Gasteiger charge is -2.18. The molecule has 3 nitrogen and oxygen atoms in total. The van der Waals surface area contributed by atoms with Gasteiger partial charge in [-0.15, -0.1) is 0 Å². The maximum atomic E-state index is 5.92. The fourth-order valence-electron chi connectivity index (χ4n) is 3.69. The van der Waals surface area contributed by atoms with Crippen molar-refractivity contribution in [1.29, 1.82) is 0 Å². The van der Waals surface area contributed by atoms with Gasteiger partial charge in [-0.05, 0) is 43.9 Å². The summed E-state index contributed by atoms with van der Waals surface area (Å²) in [5, 5.41) is 3.45. The first-order valence-electron chi connectivity index (χ1n) is 7.06. The molecule has 1 heterocycles. The van der Waals surface area contributed by atoms with Crippen molar-refractivity contribution in [3.63, 3.8) is 0 Å². The van der Waals surface area contributed by atoms with Gasteiger partial charge in [-0.1, -0.05) is 6.42 Å². The van der Waals surface area contributed by atoms with Crippen LogP contribution < -0.4 is 5.32 Å². The maximum Gasteiger partial charge on any atom is 0.208 e. The number of nitrogens with one attached hydrogen (secondary N) is 1. The third-order valence-electron chi connectivity index (χ3n) is 4.79. The number of rotatable bonds is 4. The minimum Gasteiger partial charge on any atom is -0.444 e. The SMILES string of the molecule is c1nc(CNC2CC2)oc1C1CC2CCC1C2. The summed E-state index contributed by atoms with van der Waals surface area (Å²) in [7, 11) is 0. The van der Waals surface area contributed by atoms with Gasteiger partial charge in [0.15, 0.2) is 0 Å². The predicted molar refractivity (Wildman–Crippen MR) is 64.6 cm³/mol. The quantitative estimate of drug-likeness (QED) is 0.867. The van der Waals surface area contributed by atoms with Crippen molar-refractivity contribution >= 4 is 0 Å². The van der Waals surface area contributed by atoms with E-state index in [9.17, 15) is 0 Å². The summed E-state index contributed by atoms with van der Waals surface area (Å²) in [6.45, 7) is 0.811. The summed E-state index contributed by atoms with van der Waals surface area (Å²) in [4.78, 5) is 4.41. The van der Waals surface area contributed by atoms with Gasteiger partial charge in [0.05, 0.1) is 12.7 Å². The molecule has 0 spiro atoms. The number of hydrogen-bond acceptors (Lipinski definition) is 3. The van der Waals surface area contributed by atoms with Crippen molar-refractivity contribution in [2.75, 3.05) is 0 Å². The molecule has 1 aromatic heterocycles. The highest BCUT2D eigenvalue weighted by Crippen LogP contribution is 2.52. The third-order valence-corrected chi connectivity index (χ3v) is 4.79. The van der Waals surface area contributed by atoms with Gasteiger partial charge in [-0.3, -0.25) is 0 Å². The third kappa shape index (κ3) is 1.90. The molecule has 3 fully saturated rings. The Morgan fingerprint density at radius 1 is 1.24 bits per heavy atom. The highest BCUT2D eigenvalue weighted by molar-refractivity contribution is 5.10. The first-order chi connectivity index (χ1) is 8.38. The zero-order valence-electron chi connectivity index (χ0n) is 10.2. The zero-order valence-corrected chi connectivity index (χ0v) is 10.2. The van der Waals surface area contributed by atoms with Crippen molar-refractivity contribution in [3.8, 4) is 0 Å². The Morgan fingerprint density at radius 3 is 2.88 bits per heavy atom. The Labute approximate surface area is 102 Å². The predicted octanol–water partition coefficient (Wildman–Crippen LogP) is 2.83. The summed E-state index contributed by atoms with van der Waals surface area (Å²) in [5.74, 6) is 4.58. The van der Waals surface area contributed by atoms with Gasteiger partial charge < -0.3 is 9.73 Å². The molecule has 0 radical (unpaired) electrons.